The number of amides is 1. The molecule has 1 aromatic heterocycles. The van der Waals surface area contributed by atoms with E-state index in [0.29, 0.717) is 30.2 Å². The average Bonchev–Trinajstić information content (AvgIpc) is 2.79. The molecule has 2 aromatic carbocycles. The number of nitrogens with one attached hydrogen (secondary N) is 1. The third-order valence-corrected chi connectivity index (χ3v) is 4.66. The maximum Gasteiger partial charge on any atom is 0.271 e. The van der Waals surface area contributed by atoms with Crippen LogP contribution in [0.1, 0.15) is 29.9 Å². The molecular formula is C24H27N3O4. The molecule has 0 aliphatic carbocycles. The van der Waals surface area contributed by atoms with Gasteiger partial charge in [-0.1, -0.05) is 0 Å². The average molecular weight is 421 g/mol. The van der Waals surface area contributed by atoms with Crippen LogP contribution in [0.5, 0.6) is 17.2 Å². The van der Waals surface area contributed by atoms with Crippen LogP contribution in [0.3, 0.4) is 0 Å². The Morgan fingerprint density at radius 3 is 2.29 bits per heavy atom. The SMILES string of the molecule is CCOc1ccc(-c2cncc(C(=O)N[C@@H](C)Cc3cc(OC)cc(OC)c3)n2)cc1. The smallest absolute Gasteiger partial charge is 0.271 e. The fourth-order valence-corrected chi connectivity index (χ4v) is 3.19. The van der Waals surface area contributed by atoms with Crippen molar-refractivity contribution < 1.29 is 19.0 Å². The molecule has 3 aromatic rings. The molecule has 0 aliphatic rings. The van der Waals surface area contributed by atoms with E-state index >= 15 is 0 Å². The van der Waals surface area contributed by atoms with Crippen molar-refractivity contribution in [2.45, 2.75) is 26.3 Å². The molecule has 0 saturated carbocycles. The number of rotatable bonds is 9. The summed E-state index contributed by atoms with van der Waals surface area (Å²) in [6.07, 6.45) is 3.72. The number of carbonyl (C=O) groups is 1. The topological polar surface area (TPSA) is 82.6 Å². The number of nitrogens with zero attached hydrogens (tertiary/aromatic N) is 2. The van der Waals surface area contributed by atoms with Crippen molar-refractivity contribution in [2.24, 2.45) is 0 Å². The molecule has 1 heterocycles. The van der Waals surface area contributed by atoms with Crippen molar-refractivity contribution in [3.05, 3.63) is 66.1 Å². The molecule has 31 heavy (non-hydrogen) atoms. The van der Waals surface area contributed by atoms with Crippen LogP contribution < -0.4 is 19.5 Å². The van der Waals surface area contributed by atoms with Crippen LogP contribution in [-0.2, 0) is 6.42 Å². The Bertz CT molecular complexity index is 999. The van der Waals surface area contributed by atoms with E-state index < -0.39 is 0 Å². The minimum Gasteiger partial charge on any atom is -0.497 e. The molecule has 0 radical (unpaired) electrons. The first-order valence-corrected chi connectivity index (χ1v) is 10.1. The van der Waals surface area contributed by atoms with Crippen LogP contribution in [0.4, 0.5) is 0 Å². The summed E-state index contributed by atoms with van der Waals surface area (Å²) in [5.74, 6) is 1.93. The van der Waals surface area contributed by atoms with Gasteiger partial charge in [0.05, 0.1) is 38.9 Å². The summed E-state index contributed by atoms with van der Waals surface area (Å²) in [6.45, 7) is 4.48. The van der Waals surface area contributed by atoms with Gasteiger partial charge < -0.3 is 19.5 Å². The van der Waals surface area contributed by atoms with Crippen LogP contribution in [-0.4, -0.2) is 42.7 Å². The predicted molar refractivity (Wildman–Crippen MR) is 119 cm³/mol. The zero-order chi connectivity index (χ0) is 22.2. The van der Waals surface area contributed by atoms with Crippen LogP contribution in [0.25, 0.3) is 11.3 Å². The first kappa shape index (κ1) is 22.1. The summed E-state index contributed by atoms with van der Waals surface area (Å²) in [5.41, 5.74) is 2.75. The Morgan fingerprint density at radius 2 is 1.68 bits per heavy atom. The monoisotopic (exact) mass is 421 g/mol. The second-order valence-electron chi connectivity index (χ2n) is 7.05. The number of hydrogen-bond donors (Lipinski definition) is 1. The quantitative estimate of drug-likeness (QED) is 0.564. The molecule has 0 bridgehead atoms. The molecule has 0 aliphatic heterocycles. The fraction of sp³-hybridized carbons (Fsp3) is 0.292. The van der Waals surface area contributed by atoms with Crippen molar-refractivity contribution in [2.75, 3.05) is 20.8 Å². The number of benzene rings is 2. The molecule has 1 atom stereocenters. The Morgan fingerprint density at radius 1 is 1.00 bits per heavy atom. The van der Waals surface area contributed by atoms with E-state index in [4.69, 9.17) is 14.2 Å². The van der Waals surface area contributed by atoms with Crippen molar-refractivity contribution in [3.8, 4) is 28.5 Å². The van der Waals surface area contributed by atoms with Crippen LogP contribution in [0, 0.1) is 0 Å². The first-order chi connectivity index (χ1) is 15.0. The lowest BCUT2D eigenvalue weighted by molar-refractivity contribution is 0.0934. The zero-order valence-corrected chi connectivity index (χ0v) is 18.2. The Balaban J connectivity index is 1.68. The largest absolute Gasteiger partial charge is 0.497 e. The summed E-state index contributed by atoms with van der Waals surface area (Å²) in [4.78, 5) is 21.4. The normalized spacial score (nSPS) is 11.5. The highest BCUT2D eigenvalue weighted by Crippen LogP contribution is 2.23. The van der Waals surface area contributed by atoms with E-state index in [9.17, 15) is 4.79 Å². The fourth-order valence-electron chi connectivity index (χ4n) is 3.19. The van der Waals surface area contributed by atoms with Gasteiger partial charge in [-0.3, -0.25) is 9.78 Å². The maximum absolute atomic E-state index is 12.7. The molecule has 0 spiro atoms. The summed E-state index contributed by atoms with van der Waals surface area (Å²) in [7, 11) is 3.22. The molecule has 7 nitrogen and oxygen atoms in total. The van der Waals surface area contributed by atoms with Gasteiger partial charge in [-0.05, 0) is 62.2 Å². The van der Waals surface area contributed by atoms with Gasteiger partial charge in [0.1, 0.15) is 22.9 Å². The number of ether oxygens (including phenoxy) is 3. The molecule has 0 saturated heterocycles. The Kier molecular flexibility index (Phi) is 7.43. The van der Waals surface area contributed by atoms with Crippen molar-refractivity contribution in [3.63, 3.8) is 0 Å². The van der Waals surface area contributed by atoms with Crippen molar-refractivity contribution >= 4 is 5.91 Å². The van der Waals surface area contributed by atoms with Gasteiger partial charge in [0.2, 0.25) is 0 Å². The van der Waals surface area contributed by atoms with Gasteiger partial charge in [0.15, 0.2) is 0 Å². The molecule has 7 heteroatoms. The Labute approximate surface area is 182 Å². The molecule has 1 N–H and O–H groups in total. The summed E-state index contributed by atoms with van der Waals surface area (Å²) in [6, 6.07) is 13.1. The standard InChI is InChI=1S/C24H27N3O4/c1-5-31-19-8-6-18(7-9-19)22-14-25-15-23(27-22)24(28)26-16(2)10-17-11-20(29-3)13-21(12-17)30-4/h6-9,11-16H,5,10H2,1-4H3,(H,26,28)/t16-/m0/s1. The number of hydrogen-bond acceptors (Lipinski definition) is 6. The maximum atomic E-state index is 12.7. The second-order valence-corrected chi connectivity index (χ2v) is 7.05. The minimum atomic E-state index is -0.275. The minimum absolute atomic E-state index is 0.125. The molecule has 1 amide bonds. The molecule has 162 valence electrons. The summed E-state index contributed by atoms with van der Waals surface area (Å²) in [5, 5.41) is 2.98. The van der Waals surface area contributed by atoms with E-state index in [0.717, 1.165) is 16.9 Å². The van der Waals surface area contributed by atoms with Crippen LogP contribution in [0.15, 0.2) is 54.9 Å². The highest BCUT2D eigenvalue weighted by atomic mass is 16.5. The van der Waals surface area contributed by atoms with Crippen molar-refractivity contribution in [1.82, 2.24) is 15.3 Å². The van der Waals surface area contributed by atoms with Gasteiger partial charge in [-0.25, -0.2) is 4.98 Å². The zero-order valence-electron chi connectivity index (χ0n) is 18.2. The lowest BCUT2D eigenvalue weighted by Crippen LogP contribution is -2.34. The lowest BCUT2D eigenvalue weighted by atomic mass is 10.1. The predicted octanol–water partition coefficient (Wildman–Crippen LogP) is 3.92. The van der Waals surface area contributed by atoms with Crippen LogP contribution >= 0.6 is 0 Å². The summed E-state index contributed by atoms with van der Waals surface area (Å²) < 4.78 is 16.1. The molecule has 3 rings (SSSR count). The van der Waals surface area contributed by atoms with Crippen molar-refractivity contribution in [1.29, 1.82) is 0 Å². The van der Waals surface area contributed by atoms with Crippen LogP contribution in [0.2, 0.25) is 0 Å². The highest BCUT2D eigenvalue weighted by molar-refractivity contribution is 5.92. The molecule has 0 unspecified atom stereocenters. The molecular weight excluding hydrogens is 394 g/mol. The van der Waals surface area contributed by atoms with E-state index in [1.54, 1.807) is 20.4 Å². The first-order valence-electron chi connectivity index (χ1n) is 10.1. The van der Waals surface area contributed by atoms with E-state index in [2.05, 4.69) is 15.3 Å². The van der Waals surface area contributed by atoms with Gasteiger partial charge >= 0.3 is 0 Å². The number of methoxy groups -OCH3 is 2. The number of aromatic nitrogens is 2. The second kappa shape index (κ2) is 10.4. The van der Waals surface area contributed by atoms with Gasteiger partial charge in [0.25, 0.3) is 5.91 Å². The third-order valence-electron chi connectivity index (χ3n) is 4.66. The van der Waals surface area contributed by atoms with Gasteiger partial charge in [0, 0.05) is 17.7 Å². The van der Waals surface area contributed by atoms with Gasteiger partial charge in [-0.2, -0.15) is 0 Å². The summed E-state index contributed by atoms with van der Waals surface area (Å²) >= 11 is 0. The number of carbonyl (C=O) groups excluding carboxylic acids is 1. The Hall–Kier alpha value is -3.61. The van der Waals surface area contributed by atoms with E-state index in [1.165, 1.54) is 6.20 Å². The lowest BCUT2D eigenvalue weighted by Gasteiger charge is -2.15. The molecule has 0 fully saturated rings. The van der Waals surface area contributed by atoms with E-state index in [1.807, 2.05) is 56.3 Å². The van der Waals surface area contributed by atoms with E-state index in [-0.39, 0.29) is 17.6 Å². The van der Waals surface area contributed by atoms with Gasteiger partial charge in [-0.15, -0.1) is 0 Å². The highest BCUT2D eigenvalue weighted by Gasteiger charge is 2.14. The third kappa shape index (κ3) is 5.94.